The van der Waals surface area contributed by atoms with E-state index in [-0.39, 0.29) is 46.8 Å². The molecule has 1 fully saturated rings. The third-order valence-corrected chi connectivity index (χ3v) is 10.8. The highest BCUT2D eigenvalue weighted by Gasteiger charge is 2.43. The number of aliphatic hydroxyl groups excluding tert-OH is 1. The third kappa shape index (κ3) is 9.59. The van der Waals surface area contributed by atoms with Crippen LogP contribution < -0.4 is 16.0 Å². The van der Waals surface area contributed by atoms with Crippen molar-refractivity contribution >= 4 is 46.1 Å². The summed E-state index contributed by atoms with van der Waals surface area (Å²) in [6, 6.07) is 4.22. The molecule has 8 N–H and O–H groups in total. The van der Waals surface area contributed by atoms with Gasteiger partial charge in [-0.1, -0.05) is 20.8 Å². The number of nitro benzene ring substituents is 1. The van der Waals surface area contributed by atoms with Crippen molar-refractivity contribution in [2.75, 3.05) is 19.5 Å². The number of nitrogens with one attached hydrogen (secondary N) is 1. The Morgan fingerprint density at radius 3 is 2.45 bits per heavy atom. The van der Waals surface area contributed by atoms with Crippen LogP contribution in [0.25, 0.3) is 11.0 Å². The molecule has 1 aromatic carbocycles. The van der Waals surface area contributed by atoms with E-state index in [0.717, 1.165) is 0 Å². The normalized spacial score (nSPS) is 21.7. The average Bonchev–Trinajstić information content (AvgIpc) is 3.48. The number of aromatic nitrogens is 3. The minimum absolute atomic E-state index is 0.00902. The molecule has 1 aliphatic rings. The number of methoxy groups -OCH3 is 1. The van der Waals surface area contributed by atoms with E-state index in [9.17, 15) is 43.5 Å². The van der Waals surface area contributed by atoms with Crippen molar-refractivity contribution in [1.82, 2.24) is 14.5 Å². The molecule has 3 unspecified atom stereocenters. The maximum Gasteiger partial charge on any atom is 0.490 e. The lowest BCUT2D eigenvalue weighted by atomic mass is 9.83. The summed E-state index contributed by atoms with van der Waals surface area (Å²) in [5.74, 6) is 0.0808. The van der Waals surface area contributed by atoms with E-state index in [1.807, 2.05) is 0 Å². The fourth-order valence-corrected chi connectivity index (χ4v) is 8.13. The Bertz CT molecular complexity index is 1920. The molecule has 0 amide bonds. The quantitative estimate of drug-likeness (QED) is 0.0705. The van der Waals surface area contributed by atoms with Gasteiger partial charge in [0.2, 0.25) is 5.95 Å². The fourth-order valence-electron chi connectivity index (χ4n) is 5.10. The van der Waals surface area contributed by atoms with Crippen LogP contribution in [0.3, 0.4) is 0 Å². The van der Waals surface area contributed by atoms with E-state index in [2.05, 4.69) is 23.1 Å². The van der Waals surface area contributed by atoms with E-state index in [1.165, 1.54) is 36.1 Å². The van der Waals surface area contributed by atoms with Crippen LogP contribution in [-0.2, 0) is 42.9 Å². The number of phosphoric acid groups is 3. The molecule has 0 bridgehead atoms. The number of ether oxygens (including phenoxy) is 3. The predicted molar refractivity (Wildman–Crippen MR) is 166 cm³/mol. The number of nitro groups is 1. The van der Waals surface area contributed by atoms with Crippen molar-refractivity contribution in [2.24, 2.45) is 5.41 Å². The highest BCUT2D eigenvalue weighted by atomic mass is 31.3. The number of nitrogens with zero attached hydrogens (tertiary/aromatic N) is 3. The minimum atomic E-state index is -5.78. The van der Waals surface area contributed by atoms with E-state index >= 15 is 0 Å². The van der Waals surface area contributed by atoms with Crippen LogP contribution >= 0.6 is 23.5 Å². The van der Waals surface area contributed by atoms with Crippen molar-refractivity contribution in [3.63, 3.8) is 0 Å². The van der Waals surface area contributed by atoms with Crippen molar-refractivity contribution in [2.45, 2.75) is 58.3 Å². The largest absolute Gasteiger partial charge is 0.497 e. The molecular weight excluding hydrogens is 723 g/mol. The summed E-state index contributed by atoms with van der Waals surface area (Å²) in [6.45, 7) is 4.19. The van der Waals surface area contributed by atoms with Gasteiger partial charge in [-0.2, -0.15) is 13.6 Å². The molecule has 3 heterocycles. The van der Waals surface area contributed by atoms with Gasteiger partial charge >= 0.3 is 23.5 Å². The number of aromatic amines is 1. The smallest absolute Gasteiger partial charge is 0.490 e. The molecule has 6 atom stereocenters. The van der Waals surface area contributed by atoms with Crippen molar-refractivity contribution in [3.05, 3.63) is 56.0 Å². The van der Waals surface area contributed by atoms with Gasteiger partial charge in [-0.05, 0) is 17.5 Å². The number of benzene rings is 1. The number of nitrogens with two attached hydrogens (primary N) is 1. The van der Waals surface area contributed by atoms with Crippen molar-refractivity contribution in [1.29, 1.82) is 0 Å². The van der Waals surface area contributed by atoms with Gasteiger partial charge in [-0.15, -0.1) is 0 Å². The zero-order valence-corrected chi connectivity index (χ0v) is 28.8. The number of H-pyrrole nitrogens is 1. The molecule has 0 spiro atoms. The number of nitrogen functional groups attached to an aromatic ring is 1. The molecule has 4 rings (SSSR count). The molecule has 22 nitrogen and oxygen atoms in total. The Kier molecular flexibility index (Phi) is 11.3. The Morgan fingerprint density at radius 1 is 1.18 bits per heavy atom. The number of aliphatic hydroxyl groups is 1. The first-order valence-corrected chi connectivity index (χ1v) is 18.5. The number of hydrogen-bond donors (Lipinski definition) is 7. The zero-order valence-electron chi connectivity index (χ0n) is 26.1. The van der Waals surface area contributed by atoms with Crippen LogP contribution in [0.5, 0.6) is 5.75 Å². The maximum absolute atomic E-state index is 13.1. The summed E-state index contributed by atoms with van der Waals surface area (Å²) in [5.41, 5.74) is 4.66. The van der Waals surface area contributed by atoms with Gasteiger partial charge in [0.25, 0.3) is 11.2 Å². The van der Waals surface area contributed by atoms with E-state index in [1.54, 1.807) is 20.8 Å². The maximum atomic E-state index is 13.1. The molecule has 1 aliphatic heterocycles. The lowest BCUT2D eigenvalue weighted by Crippen LogP contribution is -2.26. The Balaban J connectivity index is 1.60. The highest BCUT2D eigenvalue weighted by molar-refractivity contribution is 7.66. The molecule has 2 aromatic heterocycles. The molecule has 0 aliphatic carbocycles. The Labute approximate surface area is 276 Å². The lowest BCUT2D eigenvalue weighted by molar-refractivity contribution is -0.386. The third-order valence-electron chi connectivity index (χ3n) is 7.02. The topological polar surface area (TPSA) is 328 Å². The second-order valence-electron chi connectivity index (χ2n) is 11.8. The summed E-state index contributed by atoms with van der Waals surface area (Å²) < 4.78 is 65.2. The number of fused-ring (bicyclic) bond motifs is 1. The van der Waals surface area contributed by atoms with Gasteiger partial charge in [-0.3, -0.25) is 24.4 Å². The van der Waals surface area contributed by atoms with Crippen molar-refractivity contribution in [3.8, 4) is 5.75 Å². The van der Waals surface area contributed by atoms with Gasteiger partial charge in [0.1, 0.15) is 18.1 Å². The first-order chi connectivity index (χ1) is 22.5. The molecule has 1 saturated heterocycles. The van der Waals surface area contributed by atoms with Crippen LogP contribution in [0.2, 0.25) is 0 Å². The van der Waals surface area contributed by atoms with Gasteiger partial charge in [0.05, 0.1) is 48.4 Å². The van der Waals surface area contributed by atoms with Crippen LogP contribution in [0.4, 0.5) is 11.6 Å². The number of phosphoric ester groups is 1. The summed E-state index contributed by atoms with van der Waals surface area (Å²) in [7, 11) is -15.5. The van der Waals surface area contributed by atoms with Gasteiger partial charge in [0.15, 0.2) is 5.65 Å². The minimum Gasteiger partial charge on any atom is -0.497 e. The van der Waals surface area contributed by atoms with Gasteiger partial charge < -0.3 is 49.2 Å². The lowest BCUT2D eigenvalue weighted by Gasteiger charge is -2.31. The van der Waals surface area contributed by atoms with Crippen molar-refractivity contribution < 1.29 is 70.7 Å². The SMILES string of the molecule is COc1ccc([N+](=O)[O-])c([C@@H](OCc2cn([C@H]3CC(O)[C@@H](COP(=O)(O)OP(=O)(O)OP(=O)(O)O)O3)c3nc(N)[nH]c(=O)c23)C(C)(C)C)c1. The van der Waals surface area contributed by atoms with Crippen LogP contribution in [0, 0.1) is 15.5 Å². The number of rotatable bonds is 14. The molecule has 3 aromatic rings. The molecule has 272 valence electrons. The van der Waals surface area contributed by atoms with Crippen LogP contribution in [0.1, 0.15) is 50.7 Å². The molecule has 49 heavy (non-hydrogen) atoms. The first-order valence-electron chi connectivity index (χ1n) is 14.0. The number of anilines is 1. The highest BCUT2D eigenvalue weighted by Crippen LogP contribution is 2.66. The van der Waals surface area contributed by atoms with E-state index in [0.29, 0.717) is 5.75 Å². The van der Waals surface area contributed by atoms with E-state index < -0.39 is 70.5 Å². The molecular formula is C24H34N5O17P3. The zero-order chi connectivity index (χ0) is 36.7. The summed E-state index contributed by atoms with van der Waals surface area (Å²) in [5, 5.41) is 22.5. The number of hydrogen-bond acceptors (Lipinski definition) is 15. The molecule has 25 heteroatoms. The monoisotopic (exact) mass is 757 g/mol. The summed E-state index contributed by atoms with van der Waals surface area (Å²) in [4.78, 5) is 67.5. The average molecular weight is 757 g/mol. The van der Waals surface area contributed by atoms with Gasteiger partial charge in [0, 0.05) is 24.2 Å². The first kappa shape index (κ1) is 38.7. The molecule has 0 saturated carbocycles. The summed E-state index contributed by atoms with van der Waals surface area (Å²) in [6.07, 6.45) is -3.56. The summed E-state index contributed by atoms with van der Waals surface area (Å²) >= 11 is 0. The van der Waals surface area contributed by atoms with Gasteiger partial charge in [-0.25, -0.2) is 13.7 Å². The Hall–Kier alpha value is -3.07. The van der Waals surface area contributed by atoms with Crippen LogP contribution in [0.15, 0.2) is 29.2 Å². The fraction of sp³-hybridized carbons (Fsp3) is 0.500. The predicted octanol–water partition coefficient (Wildman–Crippen LogP) is 2.52. The second kappa shape index (κ2) is 14.3. The van der Waals surface area contributed by atoms with E-state index in [4.69, 9.17) is 29.7 Å². The molecule has 0 radical (unpaired) electrons. The Morgan fingerprint density at radius 2 is 1.86 bits per heavy atom. The standard InChI is InChI=1S/C24H34N5O17P3/c1-24(2,3)20(14-7-13(41-4)5-6-15(14)29(32)33)42-10-12-9-28(21-19(12)22(31)27-23(25)26-21)18-8-16(30)17(44-18)11-43-48(37,38)46-49(39,40)45-47(34,35)36/h5-7,9,16-18,20,30H,8,10-11H2,1-4H3,(H,37,38)(H,39,40)(H2,34,35,36)(H3,25,26,27,31)/t16?,17-,18-,20-/m1/s1. The van der Waals surface area contributed by atoms with Crippen LogP contribution in [-0.4, -0.2) is 70.1 Å². The second-order valence-corrected chi connectivity index (χ2v) is 16.2.